The summed E-state index contributed by atoms with van der Waals surface area (Å²) in [6.45, 7) is 0. The number of carboxylic acids is 1. The first-order valence-corrected chi connectivity index (χ1v) is 7.41. The van der Waals surface area contributed by atoms with Crippen molar-refractivity contribution >= 4 is 5.97 Å². The number of hydrogen-bond acceptors (Lipinski definition) is 3. The summed E-state index contributed by atoms with van der Waals surface area (Å²) in [6.07, 6.45) is 0. The zero-order valence-corrected chi connectivity index (χ0v) is 13.1. The van der Waals surface area contributed by atoms with Crippen molar-refractivity contribution < 1.29 is 19.4 Å². The third kappa shape index (κ3) is 3.55. The average Bonchev–Trinajstić information content (AvgIpc) is 2.63. The van der Waals surface area contributed by atoms with E-state index in [9.17, 15) is 4.79 Å². The van der Waals surface area contributed by atoms with E-state index in [4.69, 9.17) is 14.6 Å². The number of ether oxygens (including phenoxy) is 2. The van der Waals surface area contributed by atoms with Gasteiger partial charge < -0.3 is 14.6 Å². The maximum atomic E-state index is 10.9. The maximum absolute atomic E-state index is 10.9. The number of rotatable bonds is 5. The van der Waals surface area contributed by atoms with Gasteiger partial charge in [0.2, 0.25) is 0 Å². The monoisotopic (exact) mass is 320 g/mol. The molecule has 0 aliphatic carbocycles. The molecule has 3 aromatic carbocycles. The molecule has 1 N–H and O–H groups in total. The normalized spacial score (nSPS) is 10.2. The molecule has 120 valence electrons. The number of aromatic carboxylic acids is 1. The Morgan fingerprint density at radius 2 is 1.12 bits per heavy atom. The first kappa shape index (κ1) is 15.6. The van der Waals surface area contributed by atoms with Crippen LogP contribution in [0.3, 0.4) is 0 Å². The van der Waals surface area contributed by atoms with Crippen molar-refractivity contribution in [2.75, 3.05) is 7.11 Å². The Balaban J connectivity index is 1.73. The van der Waals surface area contributed by atoms with Gasteiger partial charge in [-0.2, -0.15) is 0 Å². The van der Waals surface area contributed by atoms with Gasteiger partial charge in [-0.25, -0.2) is 4.79 Å². The highest BCUT2D eigenvalue weighted by Gasteiger charge is 2.04. The van der Waals surface area contributed by atoms with Gasteiger partial charge in [0.1, 0.15) is 17.2 Å². The molecule has 0 unspecified atom stereocenters. The number of methoxy groups -OCH3 is 1. The number of benzene rings is 3. The van der Waals surface area contributed by atoms with Crippen molar-refractivity contribution in [3.63, 3.8) is 0 Å². The summed E-state index contributed by atoms with van der Waals surface area (Å²) in [5.41, 5.74) is 2.23. The smallest absolute Gasteiger partial charge is 0.335 e. The van der Waals surface area contributed by atoms with Gasteiger partial charge in [-0.05, 0) is 59.7 Å². The summed E-state index contributed by atoms with van der Waals surface area (Å²) in [6, 6.07) is 21.8. The van der Waals surface area contributed by atoms with Crippen LogP contribution < -0.4 is 9.47 Å². The van der Waals surface area contributed by atoms with E-state index >= 15 is 0 Å². The molecule has 3 rings (SSSR count). The van der Waals surface area contributed by atoms with Crippen LogP contribution in [0.5, 0.6) is 17.2 Å². The summed E-state index contributed by atoms with van der Waals surface area (Å²) in [5, 5.41) is 8.93. The lowest BCUT2D eigenvalue weighted by molar-refractivity contribution is 0.0697. The first-order valence-electron chi connectivity index (χ1n) is 7.41. The topological polar surface area (TPSA) is 55.8 Å². The predicted molar refractivity (Wildman–Crippen MR) is 91.9 cm³/mol. The van der Waals surface area contributed by atoms with Crippen LogP contribution in [-0.2, 0) is 0 Å². The lowest BCUT2D eigenvalue weighted by atomic mass is 10.0. The minimum Gasteiger partial charge on any atom is -0.497 e. The molecule has 4 nitrogen and oxygen atoms in total. The van der Waals surface area contributed by atoms with Crippen LogP contribution in [0.1, 0.15) is 10.4 Å². The van der Waals surface area contributed by atoms with Gasteiger partial charge in [0, 0.05) is 0 Å². The van der Waals surface area contributed by atoms with Crippen LogP contribution in [-0.4, -0.2) is 18.2 Å². The van der Waals surface area contributed by atoms with Gasteiger partial charge >= 0.3 is 5.97 Å². The van der Waals surface area contributed by atoms with Crippen LogP contribution in [0, 0.1) is 0 Å². The number of hydrogen-bond donors (Lipinski definition) is 1. The molecule has 0 radical (unpaired) electrons. The van der Waals surface area contributed by atoms with Crippen molar-refractivity contribution in [2.45, 2.75) is 0 Å². The van der Waals surface area contributed by atoms with E-state index in [1.165, 1.54) is 0 Å². The van der Waals surface area contributed by atoms with Gasteiger partial charge in [-0.3, -0.25) is 0 Å². The van der Waals surface area contributed by atoms with Gasteiger partial charge in [0.05, 0.1) is 12.7 Å². The average molecular weight is 320 g/mol. The summed E-state index contributed by atoms with van der Waals surface area (Å²) < 4.78 is 10.9. The second-order valence-corrected chi connectivity index (χ2v) is 5.18. The standard InChI is InChI=1S/C20H16O4/c1-23-17-10-12-19(13-11-17)24-18-8-6-15(7-9-18)14-2-4-16(5-3-14)20(21)22/h2-13H,1H3,(H,21,22). The summed E-state index contributed by atoms with van der Waals surface area (Å²) in [7, 11) is 1.62. The maximum Gasteiger partial charge on any atom is 0.335 e. The molecule has 0 spiro atoms. The zero-order chi connectivity index (χ0) is 16.9. The second kappa shape index (κ2) is 6.87. The summed E-state index contributed by atoms with van der Waals surface area (Å²) in [4.78, 5) is 10.9. The third-order valence-electron chi connectivity index (χ3n) is 3.61. The van der Waals surface area contributed by atoms with Gasteiger partial charge in [-0.1, -0.05) is 24.3 Å². The van der Waals surface area contributed by atoms with Gasteiger partial charge in [0.25, 0.3) is 0 Å². The lowest BCUT2D eigenvalue weighted by Gasteiger charge is -2.08. The fourth-order valence-corrected chi connectivity index (χ4v) is 2.30. The molecule has 0 aliphatic heterocycles. The van der Waals surface area contributed by atoms with E-state index in [1.54, 1.807) is 31.4 Å². The fraction of sp³-hybridized carbons (Fsp3) is 0.0500. The Bertz CT molecular complexity index is 819. The zero-order valence-electron chi connectivity index (χ0n) is 13.1. The first-order chi connectivity index (χ1) is 11.7. The summed E-state index contributed by atoms with van der Waals surface area (Å²) >= 11 is 0. The molecule has 0 aromatic heterocycles. The molecular weight excluding hydrogens is 304 g/mol. The molecule has 4 heteroatoms. The van der Waals surface area contributed by atoms with E-state index in [-0.39, 0.29) is 5.56 Å². The number of carboxylic acid groups (broad SMARTS) is 1. The molecule has 0 saturated carbocycles. The summed E-state index contributed by atoms with van der Waals surface area (Å²) in [5.74, 6) is 1.31. The highest BCUT2D eigenvalue weighted by Crippen LogP contribution is 2.27. The van der Waals surface area contributed by atoms with E-state index in [2.05, 4.69) is 0 Å². The third-order valence-corrected chi connectivity index (χ3v) is 3.61. The minimum absolute atomic E-state index is 0.276. The quantitative estimate of drug-likeness (QED) is 0.730. The predicted octanol–water partition coefficient (Wildman–Crippen LogP) is 4.85. The van der Waals surface area contributed by atoms with Crippen molar-refractivity contribution in [1.82, 2.24) is 0 Å². The Morgan fingerprint density at radius 3 is 1.58 bits per heavy atom. The Labute approximate surface area is 139 Å². The Kier molecular flexibility index (Phi) is 4.47. The SMILES string of the molecule is COc1ccc(Oc2ccc(-c3ccc(C(=O)O)cc3)cc2)cc1. The molecule has 0 bridgehead atoms. The number of carbonyl (C=O) groups is 1. The van der Waals surface area contributed by atoms with Crippen molar-refractivity contribution in [3.8, 4) is 28.4 Å². The highest BCUT2D eigenvalue weighted by atomic mass is 16.5. The lowest BCUT2D eigenvalue weighted by Crippen LogP contribution is -1.94. The molecule has 24 heavy (non-hydrogen) atoms. The van der Waals surface area contributed by atoms with Crippen LogP contribution in [0.2, 0.25) is 0 Å². The minimum atomic E-state index is -0.926. The van der Waals surface area contributed by atoms with Crippen molar-refractivity contribution in [3.05, 3.63) is 78.4 Å². The Morgan fingerprint density at radius 1 is 0.708 bits per heavy atom. The molecule has 0 heterocycles. The van der Waals surface area contributed by atoms with Crippen molar-refractivity contribution in [2.24, 2.45) is 0 Å². The fourth-order valence-electron chi connectivity index (χ4n) is 2.30. The molecule has 0 atom stereocenters. The van der Waals surface area contributed by atoms with E-state index in [0.717, 1.165) is 28.4 Å². The molecular formula is C20H16O4. The van der Waals surface area contributed by atoms with Crippen LogP contribution >= 0.6 is 0 Å². The molecule has 0 saturated heterocycles. The molecule has 0 fully saturated rings. The van der Waals surface area contributed by atoms with E-state index in [1.807, 2.05) is 48.5 Å². The molecule has 3 aromatic rings. The second-order valence-electron chi connectivity index (χ2n) is 5.18. The molecule has 0 aliphatic rings. The van der Waals surface area contributed by atoms with E-state index < -0.39 is 5.97 Å². The van der Waals surface area contributed by atoms with Crippen LogP contribution in [0.4, 0.5) is 0 Å². The van der Waals surface area contributed by atoms with E-state index in [0.29, 0.717) is 0 Å². The Hall–Kier alpha value is -3.27. The van der Waals surface area contributed by atoms with Crippen LogP contribution in [0.25, 0.3) is 11.1 Å². The van der Waals surface area contributed by atoms with Crippen molar-refractivity contribution in [1.29, 1.82) is 0 Å². The molecule has 0 amide bonds. The van der Waals surface area contributed by atoms with Gasteiger partial charge in [0.15, 0.2) is 0 Å². The van der Waals surface area contributed by atoms with Gasteiger partial charge in [-0.15, -0.1) is 0 Å². The van der Waals surface area contributed by atoms with Crippen LogP contribution in [0.15, 0.2) is 72.8 Å². The highest BCUT2D eigenvalue weighted by molar-refractivity contribution is 5.88. The largest absolute Gasteiger partial charge is 0.497 e.